The van der Waals surface area contributed by atoms with E-state index >= 15 is 0 Å². The molecule has 2 rings (SSSR count). The fourth-order valence-corrected chi connectivity index (χ4v) is 2.41. The number of likely N-dealkylation sites (N-methyl/N-ethyl adjacent to an activating group) is 1. The summed E-state index contributed by atoms with van der Waals surface area (Å²) in [4.78, 5) is 13.1. The molecule has 0 saturated carbocycles. The van der Waals surface area contributed by atoms with Crippen molar-refractivity contribution >= 4 is 29.1 Å². The van der Waals surface area contributed by atoms with Crippen LogP contribution in [0.5, 0.6) is 0 Å². The lowest BCUT2D eigenvalue weighted by Gasteiger charge is -2.30. The van der Waals surface area contributed by atoms with Crippen LogP contribution < -0.4 is 5.32 Å². The SMILES string of the molecule is CN1CC(NCc2ccc(Cl)c(Cl)c2)CCC1=O. The predicted octanol–water partition coefficient (Wildman–Crippen LogP) is 2.70. The molecule has 18 heavy (non-hydrogen) atoms. The summed E-state index contributed by atoms with van der Waals surface area (Å²) < 4.78 is 0. The Morgan fingerprint density at radius 1 is 1.39 bits per heavy atom. The lowest BCUT2D eigenvalue weighted by atomic mass is 10.1. The van der Waals surface area contributed by atoms with Crippen LogP contribution in [0, 0.1) is 0 Å². The number of benzene rings is 1. The van der Waals surface area contributed by atoms with Gasteiger partial charge in [-0.3, -0.25) is 4.79 Å². The first-order chi connectivity index (χ1) is 8.56. The van der Waals surface area contributed by atoms with Crippen molar-refractivity contribution in [1.82, 2.24) is 10.2 Å². The third kappa shape index (κ3) is 3.37. The van der Waals surface area contributed by atoms with Crippen molar-refractivity contribution in [2.45, 2.75) is 25.4 Å². The van der Waals surface area contributed by atoms with Crippen molar-refractivity contribution in [3.05, 3.63) is 33.8 Å². The predicted molar refractivity (Wildman–Crippen MR) is 74.0 cm³/mol. The fraction of sp³-hybridized carbons (Fsp3) is 0.462. The molecule has 0 spiro atoms. The number of amides is 1. The van der Waals surface area contributed by atoms with Crippen LogP contribution in [-0.4, -0.2) is 30.4 Å². The fourth-order valence-electron chi connectivity index (χ4n) is 2.09. The molecule has 0 aromatic heterocycles. The first-order valence-electron chi connectivity index (χ1n) is 5.97. The molecule has 1 atom stereocenters. The molecule has 1 unspecified atom stereocenters. The second kappa shape index (κ2) is 5.91. The lowest BCUT2D eigenvalue weighted by molar-refractivity contribution is -0.132. The van der Waals surface area contributed by atoms with Gasteiger partial charge in [0, 0.05) is 32.6 Å². The Morgan fingerprint density at radius 3 is 2.83 bits per heavy atom. The second-order valence-electron chi connectivity index (χ2n) is 4.64. The highest BCUT2D eigenvalue weighted by Gasteiger charge is 2.22. The molecule has 0 radical (unpaired) electrons. The summed E-state index contributed by atoms with van der Waals surface area (Å²) in [5, 5.41) is 4.59. The van der Waals surface area contributed by atoms with Crippen molar-refractivity contribution in [3.8, 4) is 0 Å². The van der Waals surface area contributed by atoms with Gasteiger partial charge >= 0.3 is 0 Å². The zero-order chi connectivity index (χ0) is 13.1. The molecule has 1 aromatic carbocycles. The van der Waals surface area contributed by atoms with Gasteiger partial charge in [-0.15, -0.1) is 0 Å². The van der Waals surface area contributed by atoms with Crippen molar-refractivity contribution in [2.75, 3.05) is 13.6 Å². The first-order valence-corrected chi connectivity index (χ1v) is 6.73. The number of rotatable bonds is 3. The van der Waals surface area contributed by atoms with Gasteiger partial charge in [-0.2, -0.15) is 0 Å². The molecule has 1 heterocycles. The second-order valence-corrected chi connectivity index (χ2v) is 5.45. The Morgan fingerprint density at radius 2 is 2.17 bits per heavy atom. The number of carbonyl (C=O) groups is 1. The van der Waals surface area contributed by atoms with E-state index in [0.717, 1.165) is 25.1 Å². The minimum Gasteiger partial charge on any atom is -0.344 e. The van der Waals surface area contributed by atoms with Gasteiger partial charge in [-0.05, 0) is 24.1 Å². The highest BCUT2D eigenvalue weighted by atomic mass is 35.5. The number of piperidine rings is 1. The molecule has 1 N–H and O–H groups in total. The Hall–Kier alpha value is -0.770. The Balaban J connectivity index is 1.88. The van der Waals surface area contributed by atoms with Crippen LogP contribution in [0.25, 0.3) is 0 Å². The van der Waals surface area contributed by atoms with E-state index in [-0.39, 0.29) is 5.91 Å². The summed E-state index contributed by atoms with van der Waals surface area (Å²) in [6.07, 6.45) is 1.51. The number of likely N-dealkylation sites (tertiary alicyclic amines) is 1. The van der Waals surface area contributed by atoms with E-state index in [1.807, 2.05) is 19.2 Å². The summed E-state index contributed by atoms with van der Waals surface area (Å²) >= 11 is 11.8. The van der Waals surface area contributed by atoms with Gasteiger partial charge in [0.05, 0.1) is 10.0 Å². The quantitative estimate of drug-likeness (QED) is 0.927. The van der Waals surface area contributed by atoms with E-state index in [1.54, 1.807) is 11.0 Å². The van der Waals surface area contributed by atoms with Gasteiger partial charge in [0.25, 0.3) is 0 Å². The van der Waals surface area contributed by atoms with Crippen molar-refractivity contribution < 1.29 is 4.79 Å². The van der Waals surface area contributed by atoms with Crippen LogP contribution >= 0.6 is 23.2 Å². The molecule has 0 bridgehead atoms. The van der Waals surface area contributed by atoms with E-state index in [2.05, 4.69) is 5.32 Å². The molecule has 1 aliphatic rings. The minimum atomic E-state index is 0.225. The third-order valence-electron chi connectivity index (χ3n) is 3.21. The van der Waals surface area contributed by atoms with Crippen LogP contribution in [0.15, 0.2) is 18.2 Å². The molecule has 1 aliphatic heterocycles. The standard InChI is InChI=1S/C13H16Cl2N2O/c1-17-8-10(3-5-13(17)18)16-7-9-2-4-11(14)12(15)6-9/h2,4,6,10,16H,3,5,7-8H2,1H3. The highest BCUT2D eigenvalue weighted by Crippen LogP contribution is 2.22. The van der Waals surface area contributed by atoms with Gasteiger partial charge in [-0.1, -0.05) is 29.3 Å². The molecular formula is C13H16Cl2N2O. The monoisotopic (exact) mass is 286 g/mol. The largest absolute Gasteiger partial charge is 0.344 e. The maximum atomic E-state index is 11.4. The Bertz CT molecular complexity index is 451. The van der Waals surface area contributed by atoms with Crippen LogP contribution in [0.3, 0.4) is 0 Å². The highest BCUT2D eigenvalue weighted by molar-refractivity contribution is 6.42. The Kier molecular flexibility index (Phi) is 4.49. The molecule has 1 aromatic rings. The van der Waals surface area contributed by atoms with Crippen LogP contribution in [0.4, 0.5) is 0 Å². The van der Waals surface area contributed by atoms with E-state index < -0.39 is 0 Å². The summed E-state index contributed by atoms with van der Waals surface area (Å²) in [6.45, 7) is 1.50. The van der Waals surface area contributed by atoms with E-state index in [9.17, 15) is 4.79 Å². The molecular weight excluding hydrogens is 271 g/mol. The van der Waals surface area contributed by atoms with Gasteiger partial charge in [0.15, 0.2) is 0 Å². The van der Waals surface area contributed by atoms with E-state index in [1.165, 1.54) is 0 Å². The maximum absolute atomic E-state index is 11.4. The van der Waals surface area contributed by atoms with Gasteiger partial charge in [0.2, 0.25) is 5.91 Å². The lowest BCUT2D eigenvalue weighted by Crippen LogP contribution is -2.46. The molecule has 5 heteroatoms. The van der Waals surface area contributed by atoms with Gasteiger partial charge in [0.1, 0.15) is 0 Å². The average Bonchev–Trinajstić information content (AvgIpc) is 2.35. The zero-order valence-electron chi connectivity index (χ0n) is 10.2. The number of carbonyl (C=O) groups excluding carboxylic acids is 1. The van der Waals surface area contributed by atoms with Crippen LogP contribution in [-0.2, 0) is 11.3 Å². The molecule has 1 fully saturated rings. The Labute approximate surface area is 117 Å². The molecule has 1 amide bonds. The summed E-state index contributed by atoms with van der Waals surface area (Å²) in [6, 6.07) is 5.98. The molecule has 98 valence electrons. The van der Waals surface area contributed by atoms with Gasteiger partial charge < -0.3 is 10.2 Å². The minimum absolute atomic E-state index is 0.225. The summed E-state index contributed by atoms with van der Waals surface area (Å²) in [5.74, 6) is 0.225. The number of nitrogens with one attached hydrogen (secondary N) is 1. The van der Waals surface area contributed by atoms with E-state index in [4.69, 9.17) is 23.2 Å². The van der Waals surface area contributed by atoms with Crippen LogP contribution in [0.2, 0.25) is 10.0 Å². The smallest absolute Gasteiger partial charge is 0.222 e. The van der Waals surface area contributed by atoms with Gasteiger partial charge in [-0.25, -0.2) is 0 Å². The summed E-state index contributed by atoms with van der Waals surface area (Å²) in [5.41, 5.74) is 1.10. The normalized spacial score (nSPS) is 20.3. The van der Waals surface area contributed by atoms with Crippen molar-refractivity contribution in [2.24, 2.45) is 0 Å². The topological polar surface area (TPSA) is 32.3 Å². The van der Waals surface area contributed by atoms with Crippen LogP contribution in [0.1, 0.15) is 18.4 Å². The molecule has 3 nitrogen and oxygen atoms in total. The molecule has 0 aliphatic carbocycles. The zero-order valence-corrected chi connectivity index (χ0v) is 11.8. The molecule has 1 saturated heterocycles. The van der Waals surface area contributed by atoms with Crippen molar-refractivity contribution in [3.63, 3.8) is 0 Å². The average molecular weight is 287 g/mol. The number of hydrogen-bond acceptors (Lipinski definition) is 2. The van der Waals surface area contributed by atoms with E-state index in [0.29, 0.717) is 22.5 Å². The maximum Gasteiger partial charge on any atom is 0.222 e. The third-order valence-corrected chi connectivity index (χ3v) is 3.94. The number of nitrogens with zero attached hydrogens (tertiary/aromatic N) is 1. The first kappa shape index (κ1) is 13.7. The number of hydrogen-bond donors (Lipinski definition) is 1. The summed E-state index contributed by atoms with van der Waals surface area (Å²) in [7, 11) is 1.84. The van der Waals surface area contributed by atoms with Crippen molar-refractivity contribution in [1.29, 1.82) is 0 Å². The number of halogens is 2.